The van der Waals surface area contributed by atoms with Crippen molar-refractivity contribution < 1.29 is 9.84 Å². The lowest BCUT2D eigenvalue weighted by molar-refractivity contribution is -0.0423. The lowest BCUT2D eigenvalue weighted by atomic mass is 10.2. The highest BCUT2D eigenvalue weighted by molar-refractivity contribution is 9.10. The van der Waals surface area contributed by atoms with Gasteiger partial charge >= 0.3 is 0 Å². The van der Waals surface area contributed by atoms with E-state index in [1.807, 2.05) is 6.92 Å². The molecule has 1 fully saturated rings. The summed E-state index contributed by atoms with van der Waals surface area (Å²) in [6.07, 6.45) is 1.62. The molecule has 2 rings (SSSR count). The van der Waals surface area contributed by atoms with Gasteiger partial charge in [0, 0.05) is 26.3 Å². The van der Waals surface area contributed by atoms with E-state index >= 15 is 0 Å². The highest BCUT2D eigenvalue weighted by Gasteiger charge is 2.27. The lowest BCUT2D eigenvalue weighted by Gasteiger charge is -2.37. The zero-order valence-corrected chi connectivity index (χ0v) is 12.0. The summed E-state index contributed by atoms with van der Waals surface area (Å²) in [4.78, 5) is 10.7. The molecule has 1 aliphatic rings. The van der Waals surface area contributed by atoms with E-state index < -0.39 is 0 Å². The minimum atomic E-state index is -0.173. The molecule has 0 radical (unpaired) electrons. The fraction of sp³-hybridized carbons (Fsp3) is 0.636. The van der Waals surface area contributed by atoms with Crippen LogP contribution in [0.2, 0.25) is 0 Å². The summed E-state index contributed by atoms with van der Waals surface area (Å²) in [5.74, 6) is 1.40. The van der Waals surface area contributed by atoms with Gasteiger partial charge in [-0.3, -0.25) is 0 Å². The summed E-state index contributed by atoms with van der Waals surface area (Å²) >= 11 is 3.46. The highest BCUT2D eigenvalue weighted by atomic mass is 79.9. The molecule has 0 spiro atoms. The van der Waals surface area contributed by atoms with Crippen LogP contribution in [0, 0.1) is 0 Å². The number of nitrogens with zero attached hydrogens (tertiary/aromatic N) is 3. The van der Waals surface area contributed by atoms with Crippen molar-refractivity contribution in [1.29, 1.82) is 0 Å². The first-order chi connectivity index (χ1) is 8.63. The fourth-order valence-corrected chi connectivity index (χ4v) is 2.46. The summed E-state index contributed by atoms with van der Waals surface area (Å²) in [7, 11) is 1.78. The Morgan fingerprint density at radius 2 is 2.39 bits per heavy atom. The monoisotopic (exact) mass is 316 g/mol. The standard InChI is InChI=1S/C11H17BrN4O2/c1-7-4-16(5-8(6-17)18-7)10-9(12)3-14-11(13-2)15-10/h3,7-8,17H,4-6H2,1-2H3,(H,13,14,15). The number of anilines is 2. The Balaban J connectivity index is 2.24. The number of rotatable bonds is 3. The highest BCUT2D eigenvalue weighted by Crippen LogP contribution is 2.27. The first-order valence-corrected chi connectivity index (χ1v) is 6.65. The first-order valence-electron chi connectivity index (χ1n) is 5.85. The van der Waals surface area contributed by atoms with Crippen LogP contribution in [0.25, 0.3) is 0 Å². The van der Waals surface area contributed by atoms with Crippen molar-refractivity contribution >= 4 is 27.7 Å². The molecule has 1 aromatic heterocycles. The number of morpholine rings is 1. The van der Waals surface area contributed by atoms with Crippen LogP contribution in [-0.4, -0.2) is 54.0 Å². The molecule has 0 amide bonds. The molecule has 1 saturated heterocycles. The first kappa shape index (κ1) is 13.5. The number of aromatic nitrogens is 2. The number of hydrogen-bond acceptors (Lipinski definition) is 6. The summed E-state index contributed by atoms with van der Waals surface area (Å²) < 4.78 is 6.46. The van der Waals surface area contributed by atoms with E-state index in [0.29, 0.717) is 12.5 Å². The van der Waals surface area contributed by atoms with Gasteiger partial charge in [-0.25, -0.2) is 4.98 Å². The van der Waals surface area contributed by atoms with Crippen LogP contribution in [0.5, 0.6) is 0 Å². The summed E-state index contributed by atoms with van der Waals surface area (Å²) in [5, 5.41) is 12.2. The Labute approximate surface area is 115 Å². The third-order valence-corrected chi connectivity index (χ3v) is 3.34. The molecule has 100 valence electrons. The van der Waals surface area contributed by atoms with E-state index in [-0.39, 0.29) is 18.8 Å². The number of nitrogens with one attached hydrogen (secondary N) is 1. The van der Waals surface area contributed by atoms with Gasteiger partial charge in [0.25, 0.3) is 0 Å². The van der Waals surface area contributed by atoms with Gasteiger partial charge in [-0.1, -0.05) is 0 Å². The fourth-order valence-electron chi connectivity index (χ4n) is 2.02. The number of aliphatic hydroxyl groups excluding tert-OH is 1. The van der Waals surface area contributed by atoms with Crippen molar-refractivity contribution in [3.63, 3.8) is 0 Å². The molecule has 1 aromatic rings. The average Bonchev–Trinajstić information content (AvgIpc) is 2.38. The lowest BCUT2D eigenvalue weighted by Crippen LogP contribution is -2.48. The quantitative estimate of drug-likeness (QED) is 0.862. The third kappa shape index (κ3) is 2.90. The largest absolute Gasteiger partial charge is 0.394 e. The SMILES string of the molecule is CNc1ncc(Br)c(N2CC(C)OC(CO)C2)n1. The van der Waals surface area contributed by atoms with Gasteiger partial charge < -0.3 is 20.1 Å². The molecule has 0 bridgehead atoms. The van der Waals surface area contributed by atoms with Crippen molar-refractivity contribution in [3.05, 3.63) is 10.7 Å². The predicted molar refractivity (Wildman–Crippen MR) is 72.9 cm³/mol. The second-order valence-electron chi connectivity index (χ2n) is 4.27. The van der Waals surface area contributed by atoms with E-state index in [2.05, 4.69) is 36.1 Å². The second-order valence-corrected chi connectivity index (χ2v) is 5.13. The van der Waals surface area contributed by atoms with Crippen LogP contribution < -0.4 is 10.2 Å². The number of halogens is 1. The minimum absolute atomic E-state index is 0.0163. The van der Waals surface area contributed by atoms with Crippen molar-refractivity contribution in [2.45, 2.75) is 19.1 Å². The maximum absolute atomic E-state index is 9.24. The average molecular weight is 317 g/mol. The van der Waals surface area contributed by atoms with Crippen LogP contribution in [0.3, 0.4) is 0 Å². The maximum Gasteiger partial charge on any atom is 0.224 e. The smallest absolute Gasteiger partial charge is 0.224 e. The van der Waals surface area contributed by atoms with E-state index in [9.17, 15) is 5.11 Å². The zero-order chi connectivity index (χ0) is 13.1. The van der Waals surface area contributed by atoms with Crippen LogP contribution in [-0.2, 0) is 4.74 Å². The number of hydrogen-bond donors (Lipinski definition) is 2. The van der Waals surface area contributed by atoms with Crippen molar-refractivity contribution in [2.24, 2.45) is 0 Å². The van der Waals surface area contributed by atoms with E-state index in [1.54, 1.807) is 13.2 Å². The molecule has 6 nitrogen and oxygen atoms in total. The third-order valence-electron chi connectivity index (χ3n) is 2.78. The normalized spacial score (nSPS) is 24.1. The second kappa shape index (κ2) is 5.81. The number of ether oxygens (including phenoxy) is 1. The van der Waals surface area contributed by atoms with Gasteiger partial charge in [0.05, 0.1) is 23.3 Å². The van der Waals surface area contributed by atoms with E-state index in [4.69, 9.17) is 4.74 Å². The maximum atomic E-state index is 9.24. The van der Waals surface area contributed by atoms with Crippen molar-refractivity contribution in [3.8, 4) is 0 Å². The Hall–Kier alpha value is -0.920. The molecule has 0 aliphatic carbocycles. The molecule has 2 unspecified atom stereocenters. The van der Waals surface area contributed by atoms with Crippen LogP contribution in [0.1, 0.15) is 6.92 Å². The van der Waals surface area contributed by atoms with Crippen LogP contribution in [0.4, 0.5) is 11.8 Å². The molecular formula is C11H17BrN4O2. The van der Waals surface area contributed by atoms with Crippen molar-refractivity contribution in [2.75, 3.05) is 37.0 Å². The molecule has 1 aliphatic heterocycles. The van der Waals surface area contributed by atoms with Gasteiger partial charge in [0.2, 0.25) is 5.95 Å². The molecular weight excluding hydrogens is 300 g/mol. The van der Waals surface area contributed by atoms with Gasteiger partial charge in [0.1, 0.15) is 5.82 Å². The number of aliphatic hydroxyl groups is 1. The van der Waals surface area contributed by atoms with Crippen LogP contribution in [0.15, 0.2) is 10.7 Å². The van der Waals surface area contributed by atoms with E-state index in [1.165, 1.54) is 0 Å². The van der Waals surface area contributed by atoms with E-state index in [0.717, 1.165) is 16.8 Å². The Bertz CT molecular complexity index is 418. The predicted octanol–water partition coefficient (Wildman–Crippen LogP) is 0.867. The molecule has 18 heavy (non-hydrogen) atoms. The summed E-state index contributed by atoms with van der Waals surface area (Å²) in [6.45, 7) is 3.38. The minimum Gasteiger partial charge on any atom is -0.394 e. The Morgan fingerprint density at radius 3 is 3.06 bits per heavy atom. The Kier molecular flexibility index (Phi) is 4.36. The van der Waals surface area contributed by atoms with Crippen molar-refractivity contribution in [1.82, 2.24) is 9.97 Å². The van der Waals surface area contributed by atoms with Gasteiger partial charge in [-0.2, -0.15) is 4.98 Å². The molecule has 2 N–H and O–H groups in total. The molecule has 0 saturated carbocycles. The van der Waals surface area contributed by atoms with Gasteiger partial charge in [-0.05, 0) is 22.9 Å². The Morgan fingerprint density at radius 1 is 1.61 bits per heavy atom. The molecule has 7 heteroatoms. The van der Waals surface area contributed by atoms with Gasteiger partial charge in [-0.15, -0.1) is 0 Å². The topological polar surface area (TPSA) is 70.5 Å². The van der Waals surface area contributed by atoms with Gasteiger partial charge in [0.15, 0.2) is 0 Å². The zero-order valence-electron chi connectivity index (χ0n) is 10.4. The van der Waals surface area contributed by atoms with Crippen LogP contribution >= 0.6 is 15.9 Å². The molecule has 0 aromatic carbocycles. The summed E-state index contributed by atoms with van der Waals surface area (Å²) in [5.41, 5.74) is 0. The molecule has 2 atom stereocenters. The summed E-state index contributed by atoms with van der Waals surface area (Å²) in [6, 6.07) is 0. The molecule has 2 heterocycles.